The van der Waals surface area contributed by atoms with E-state index in [1.165, 1.54) is 6.07 Å². The van der Waals surface area contributed by atoms with Gasteiger partial charge in [0.1, 0.15) is 17.5 Å². The van der Waals surface area contributed by atoms with Crippen molar-refractivity contribution in [2.75, 3.05) is 0 Å². The van der Waals surface area contributed by atoms with Crippen molar-refractivity contribution in [1.82, 2.24) is 4.98 Å². The second kappa shape index (κ2) is 4.80. The van der Waals surface area contributed by atoms with Crippen molar-refractivity contribution in [3.05, 3.63) is 27.5 Å². The molecule has 0 aliphatic carbocycles. The molecule has 0 saturated heterocycles. The van der Waals surface area contributed by atoms with Gasteiger partial charge in [-0.1, -0.05) is 15.9 Å². The van der Waals surface area contributed by atoms with Gasteiger partial charge < -0.3 is 0 Å². The van der Waals surface area contributed by atoms with Gasteiger partial charge in [0, 0.05) is 9.80 Å². The van der Waals surface area contributed by atoms with Crippen LogP contribution < -0.4 is 0 Å². The first-order chi connectivity index (χ1) is 6.60. The molecule has 0 aliphatic rings. The number of pyridine rings is 1. The van der Waals surface area contributed by atoms with Crippen LogP contribution in [0.3, 0.4) is 0 Å². The number of rotatable bonds is 2. The van der Waals surface area contributed by atoms with E-state index in [0.717, 1.165) is 0 Å². The van der Waals surface area contributed by atoms with Gasteiger partial charge in [0.15, 0.2) is 0 Å². The molecule has 0 atom stereocenters. The lowest BCUT2D eigenvalue weighted by atomic mass is 10.2. The van der Waals surface area contributed by atoms with Crippen molar-refractivity contribution in [2.45, 2.75) is 11.8 Å². The Bertz CT molecular complexity index is 388. The van der Waals surface area contributed by atoms with Crippen LogP contribution in [0, 0.1) is 11.3 Å². The van der Waals surface area contributed by atoms with Crippen LogP contribution >= 0.6 is 31.9 Å². The lowest BCUT2D eigenvalue weighted by Crippen LogP contribution is -1.98. The molecule has 14 heavy (non-hydrogen) atoms. The van der Waals surface area contributed by atoms with E-state index in [9.17, 15) is 8.78 Å². The summed E-state index contributed by atoms with van der Waals surface area (Å²) in [4.78, 5) is 3.52. The average molecular weight is 326 g/mol. The first-order valence-electron chi connectivity index (χ1n) is 3.53. The van der Waals surface area contributed by atoms with E-state index in [1.54, 1.807) is 6.07 Å². The fraction of sp³-hybridized carbons (Fsp3) is 0.250. The average Bonchev–Trinajstić information content (AvgIpc) is 2.17. The number of aromatic nitrogens is 1. The van der Waals surface area contributed by atoms with Gasteiger partial charge in [-0.15, -0.1) is 0 Å². The molecule has 0 amide bonds. The van der Waals surface area contributed by atoms with E-state index in [2.05, 4.69) is 36.8 Å². The minimum Gasteiger partial charge on any atom is -0.235 e. The largest absolute Gasteiger partial charge is 0.281 e. The Morgan fingerprint density at radius 1 is 1.57 bits per heavy atom. The van der Waals surface area contributed by atoms with Gasteiger partial charge in [-0.25, -0.2) is 13.8 Å². The quantitative estimate of drug-likeness (QED) is 0.780. The smallest absolute Gasteiger partial charge is 0.235 e. The molecule has 0 radical (unpaired) electrons. The topological polar surface area (TPSA) is 36.7 Å². The third-order valence-corrected chi connectivity index (χ3v) is 3.04. The van der Waals surface area contributed by atoms with Crippen LogP contribution in [-0.2, 0) is 5.33 Å². The molecule has 0 unspecified atom stereocenters. The molecule has 0 saturated carbocycles. The summed E-state index contributed by atoms with van der Waals surface area (Å²) in [6, 6.07) is 3.20. The Balaban J connectivity index is 3.36. The third-order valence-electron chi connectivity index (χ3n) is 1.52. The van der Waals surface area contributed by atoms with Crippen molar-refractivity contribution < 1.29 is 8.78 Å². The predicted octanol–water partition coefficient (Wildman–Crippen LogP) is 3.55. The molecule has 0 fully saturated rings. The molecule has 0 aromatic carbocycles. The molecule has 6 heteroatoms. The van der Waals surface area contributed by atoms with E-state index in [1.807, 2.05) is 0 Å². The first kappa shape index (κ1) is 11.5. The van der Waals surface area contributed by atoms with Crippen LogP contribution in [0.1, 0.15) is 23.4 Å². The summed E-state index contributed by atoms with van der Waals surface area (Å²) in [5.41, 5.74) is 0.198. The number of hydrogen-bond donors (Lipinski definition) is 0. The molecule has 0 spiro atoms. The number of nitrogens with zero attached hydrogens (tertiary/aromatic N) is 2. The van der Waals surface area contributed by atoms with Gasteiger partial charge in [0.25, 0.3) is 6.43 Å². The molecular weight excluding hydrogens is 322 g/mol. The van der Waals surface area contributed by atoms with Crippen molar-refractivity contribution >= 4 is 31.9 Å². The highest BCUT2D eigenvalue weighted by Gasteiger charge is 2.17. The second-order valence-electron chi connectivity index (χ2n) is 2.41. The Hall–Kier alpha value is -0.540. The Kier molecular flexibility index (Phi) is 3.96. The van der Waals surface area contributed by atoms with Crippen molar-refractivity contribution in [3.8, 4) is 6.07 Å². The third kappa shape index (κ3) is 2.28. The van der Waals surface area contributed by atoms with Crippen LogP contribution in [0.2, 0.25) is 0 Å². The molecule has 0 bridgehead atoms. The van der Waals surface area contributed by atoms with Crippen LogP contribution in [0.4, 0.5) is 8.78 Å². The Labute approximate surface area is 96.2 Å². The summed E-state index contributed by atoms with van der Waals surface area (Å²) < 4.78 is 25.1. The minimum atomic E-state index is -2.68. The van der Waals surface area contributed by atoms with E-state index in [4.69, 9.17) is 5.26 Å². The van der Waals surface area contributed by atoms with Crippen molar-refractivity contribution in [3.63, 3.8) is 0 Å². The summed E-state index contributed by atoms with van der Waals surface area (Å²) in [6.07, 6.45) is -2.68. The highest BCUT2D eigenvalue weighted by molar-refractivity contribution is 9.10. The fourth-order valence-corrected chi connectivity index (χ4v) is 2.24. The number of hydrogen-bond acceptors (Lipinski definition) is 2. The molecule has 0 aliphatic heterocycles. The van der Waals surface area contributed by atoms with Crippen LogP contribution in [0.25, 0.3) is 0 Å². The molecule has 74 valence electrons. The molecule has 1 aromatic rings. The molecular formula is C8H4Br2F2N2. The van der Waals surface area contributed by atoms with Gasteiger partial charge in [-0.2, -0.15) is 5.26 Å². The normalized spacial score (nSPS) is 10.3. The number of halogens is 4. The maximum Gasteiger partial charge on any atom is 0.281 e. The summed E-state index contributed by atoms with van der Waals surface area (Å²) in [5.74, 6) is 0. The monoisotopic (exact) mass is 324 g/mol. The molecule has 2 nitrogen and oxygen atoms in total. The summed E-state index contributed by atoms with van der Waals surface area (Å²) in [5, 5.41) is 8.96. The highest BCUT2D eigenvalue weighted by atomic mass is 79.9. The Morgan fingerprint density at radius 2 is 2.21 bits per heavy atom. The molecule has 1 rings (SSSR count). The predicted molar refractivity (Wildman–Crippen MR) is 54.2 cm³/mol. The van der Waals surface area contributed by atoms with Gasteiger partial charge in [-0.05, 0) is 27.6 Å². The lowest BCUT2D eigenvalue weighted by Gasteiger charge is -2.06. The SMILES string of the molecule is N#Cc1cc(CBr)c(Br)c(C(F)F)n1. The van der Waals surface area contributed by atoms with E-state index >= 15 is 0 Å². The summed E-state index contributed by atoms with van der Waals surface area (Å²) in [7, 11) is 0. The van der Waals surface area contributed by atoms with Gasteiger partial charge >= 0.3 is 0 Å². The van der Waals surface area contributed by atoms with E-state index in [0.29, 0.717) is 10.9 Å². The van der Waals surface area contributed by atoms with Gasteiger partial charge in [0.2, 0.25) is 0 Å². The zero-order valence-corrected chi connectivity index (χ0v) is 9.94. The minimum absolute atomic E-state index is 0.00190. The maximum absolute atomic E-state index is 12.4. The number of nitriles is 1. The van der Waals surface area contributed by atoms with Crippen LogP contribution in [-0.4, -0.2) is 4.98 Å². The van der Waals surface area contributed by atoms with Crippen LogP contribution in [0.5, 0.6) is 0 Å². The highest BCUT2D eigenvalue weighted by Crippen LogP contribution is 2.30. The standard InChI is InChI=1S/C8H4Br2F2N2/c9-2-4-1-5(3-13)14-7(6(4)10)8(11)12/h1,8H,2H2. The zero-order valence-electron chi connectivity index (χ0n) is 6.77. The second-order valence-corrected chi connectivity index (χ2v) is 3.77. The summed E-state index contributed by atoms with van der Waals surface area (Å²) >= 11 is 6.17. The molecule has 1 heterocycles. The fourth-order valence-electron chi connectivity index (χ4n) is 0.903. The van der Waals surface area contributed by atoms with Crippen molar-refractivity contribution in [2.24, 2.45) is 0 Å². The number of alkyl halides is 3. The van der Waals surface area contributed by atoms with Crippen LogP contribution in [0.15, 0.2) is 10.5 Å². The van der Waals surface area contributed by atoms with E-state index in [-0.39, 0.29) is 10.2 Å². The lowest BCUT2D eigenvalue weighted by molar-refractivity contribution is 0.145. The molecule has 0 N–H and O–H groups in total. The van der Waals surface area contributed by atoms with Crippen molar-refractivity contribution in [1.29, 1.82) is 5.26 Å². The Morgan fingerprint density at radius 3 is 2.64 bits per heavy atom. The molecule has 1 aromatic heterocycles. The van der Waals surface area contributed by atoms with Gasteiger partial charge in [0.05, 0.1) is 0 Å². The first-order valence-corrected chi connectivity index (χ1v) is 5.45. The van der Waals surface area contributed by atoms with Gasteiger partial charge in [-0.3, -0.25) is 0 Å². The summed E-state index contributed by atoms with van der Waals surface area (Å²) in [6.45, 7) is 0. The van der Waals surface area contributed by atoms with E-state index < -0.39 is 12.1 Å². The zero-order chi connectivity index (χ0) is 10.7. The maximum atomic E-state index is 12.4.